The van der Waals surface area contributed by atoms with Crippen molar-refractivity contribution in [3.8, 4) is 0 Å². The molecule has 128 valence electrons. The quantitative estimate of drug-likeness (QED) is 0.337. The molecule has 1 aromatic rings. The first-order valence-electron chi connectivity index (χ1n) is 8.10. The third-order valence-electron chi connectivity index (χ3n) is 3.53. The number of hydrogen-bond acceptors (Lipinski definition) is 2. The van der Waals surface area contributed by atoms with Gasteiger partial charge in [-0.3, -0.25) is 9.79 Å². The number of nitrogens with zero attached hydrogens (tertiary/aromatic N) is 1. The number of hydrogen-bond donors (Lipinski definition) is 3. The fourth-order valence-corrected chi connectivity index (χ4v) is 2.04. The van der Waals surface area contributed by atoms with Gasteiger partial charge in [0.1, 0.15) is 0 Å². The van der Waals surface area contributed by atoms with Gasteiger partial charge >= 0.3 is 0 Å². The van der Waals surface area contributed by atoms with E-state index in [2.05, 4.69) is 20.9 Å². The summed E-state index contributed by atoms with van der Waals surface area (Å²) in [5, 5.41) is 9.34. The van der Waals surface area contributed by atoms with Gasteiger partial charge in [0.15, 0.2) is 5.96 Å². The molecule has 1 aliphatic carbocycles. The van der Waals surface area contributed by atoms with E-state index in [4.69, 9.17) is 0 Å². The summed E-state index contributed by atoms with van der Waals surface area (Å²) >= 11 is 0. The van der Waals surface area contributed by atoms with E-state index >= 15 is 0 Å². The van der Waals surface area contributed by atoms with Gasteiger partial charge < -0.3 is 16.0 Å². The molecule has 23 heavy (non-hydrogen) atoms. The topological polar surface area (TPSA) is 65.5 Å². The van der Waals surface area contributed by atoms with Crippen LogP contribution in [0.2, 0.25) is 0 Å². The number of aliphatic imine (C=N–C) groups is 1. The van der Waals surface area contributed by atoms with E-state index in [1.54, 1.807) is 0 Å². The molecule has 0 radical (unpaired) electrons. The number of rotatable bonds is 8. The van der Waals surface area contributed by atoms with Gasteiger partial charge in [0.05, 0.1) is 0 Å². The summed E-state index contributed by atoms with van der Waals surface area (Å²) in [7, 11) is 0. The lowest BCUT2D eigenvalue weighted by atomic mass is 10.2. The Hall–Kier alpha value is -1.31. The monoisotopic (exact) mass is 430 g/mol. The molecule has 5 nitrogen and oxygen atoms in total. The normalized spacial score (nSPS) is 13.9. The third kappa shape index (κ3) is 8.78. The van der Waals surface area contributed by atoms with Gasteiger partial charge in [0, 0.05) is 32.6 Å². The van der Waals surface area contributed by atoms with Gasteiger partial charge in [0.2, 0.25) is 5.91 Å². The molecule has 1 saturated carbocycles. The predicted molar refractivity (Wildman–Crippen MR) is 105 cm³/mol. The SMILES string of the molecule is CCNC(=NCC1CC1)NCCC(=O)NCc1ccccc1.I. The van der Waals surface area contributed by atoms with Crippen LogP contribution in [0.3, 0.4) is 0 Å². The van der Waals surface area contributed by atoms with Crippen molar-refractivity contribution in [1.29, 1.82) is 0 Å². The van der Waals surface area contributed by atoms with Crippen molar-refractivity contribution in [2.75, 3.05) is 19.6 Å². The lowest BCUT2D eigenvalue weighted by molar-refractivity contribution is -0.121. The first kappa shape index (κ1) is 19.7. The average Bonchev–Trinajstić information content (AvgIpc) is 3.36. The number of carbonyl (C=O) groups excluding carboxylic acids is 1. The van der Waals surface area contributed by atoms with E-state index in [1.807, 2.05) is 37.3 Å². The largest absolute Gasteiger partial charge is 0.357 e. The third-order valence-corrected chi connectivity index (χ3v) is 3.53. The van der Waals surface area contributed by atoms with Gasteiger partial charge in [0.25, 0.3) is 0 Å². The smallest absolute Gasteiger partial charge is 0.222 e. The molecule has 0 unspecified atom stereocenters. The van der Waals surface area contributed by atoms with Crippen molar-refractivity contribution in [1.82, 2.24) is 16.0 Å². The molecule has 0 aromatic heterocycles. The molecule has 0 spiro atoms. The van der Waals surface area contributed by atoms with Crippen LogP contribution in [0, 0.1) is 5.92 Å². The Morgan fingerprint density at radius 1 is 1.17 bits per heavy atom. The second-order valence-corrected chi connectivity index (χ2v) is 5.60. The molecule has 1 amide bonds. The zero-order chi connectivity index (χ0) is 15.6. The van der Waals surface area contributed by atoms with Gasteiger partial charge in [-0.25, -0.2) is 0 Å². The molecule has 0 atom stereocenters. The van der Waals surface area contributed by atoms with Gasteiger partial charge in [-0.2, -0.15) is 0 Å². The van der Waals surface area contributed by atoms with Crippen LogP contribution in [0.25, 0.3) is 0 Å². The molecule has 1 aromatic carbocycles. The summed E-state index contributed by atoms with van der Waals surface area (Å²) in [6, 6.07) is 9.93. The summed E-state index contributed by atoms with van der Waals surface area (Å²) < 4.78 is 0. The molecule has 3 N–H and O–H groups in total. The number of nitrogens with one attached hydrogen (secondary N) is 3. The fourth-order valence-electron chi connectivity index (χ4n) is 2.04. The number of amides is 1. The maximum Gasteiger partial charge on any atom is 0.222 e. The van der Waals surface area contributed by atoms with Crippen LogP contribution >= 0.6 is 24.0 Å². The minimum Gasteiger partial charge on any atom is -0.357 e. The van der Waals surface area contributed by atoms with Crippen LogP contribution in [0.4, 0.5) is 0 Å². The standard InChI is InChI=1S/C17H26N4O.HI/c1-2-18-17(21-13-15-8-9-15)19-11-10-16(22)20-12-14-6-4-3-5-7-14;/h3-7,15H,2,8-13H2,1H3,(H,20,22)(H2,18,19,21);1H. The fraction of sp³-hybridized carbons (Fsp3) is 0.529. The summed E-state index contributed by atoms with van der Waals surface area (Å²) in [6.07, 6.45) is 3.04. The van der Waals surface area contributed by atoms with E-state index in [0.29, 0.717) is 19.5 Å². The molecule has 0 aliphatic heterocycles. The maximum absolute atomic E-state index is 11.8. The van der Waals surface area contributed by atoms with Crippen molar-refractivity contribution in [3.63, 3.8) is 0 Å². The van der Waals surface area contributed by atoms with Crippen molar-refractivity contribution in [3.05, 3.63) is 35.9 Å². The summed E-state index contributed by atoms with van der Waals surface area (Å²) in [5.74, 6) is 1.63. The van der Waals surface area contributed by atoms with E-state index in [9.17, 15) is 4.79 Å². The van der Waals surface area contributed by atoms with Gasteiger partial charge in [-0.15, -0.1) is 24.0 Å². The summed E-state index contributed by atoms with van der Waals surface area (Å²) in [5.41, 5.74) is 1.11. The van der Waals surface area contributed by atoms with Crippen molar-refractivity contribution >= 4 is 35.8 Å². The Kier molecular flexibility index (Phi) is 9.66. The van der Waals surface area contributed by atoms with Gasteiger partial charge in [-0.05, 0) is 31.2 Å². The maximum atomic E-state index is 11.8. The van der Waals surface area contributed by atoms with Gasteiger partial charge in [-0.1, -0.05) is 30.3 Å². The second-order valence-electron chi connectivity index (χ2n) is 5.60. The first-order chi connectivity index (χ1) is 10.8. The van der Waals surface area contributed by atoms with E-state index in [-0.39, 0.29) is 29.9 Å². The Balaban J connectivity index is 0.00000264. The molecule has 6 heteroatoms. The second kappa shape index (κ2) is 11.3. The van der Waals surface area contributed by atoms with Crippen molar-refractivity contribution in [2.24, 2.45) is 10.9 Å². The molecule has 0 bridgehead atoms. The molecular weight excluding hydrogens is 403 g/mol. The van der Waals surface area contributed by atoms with Crippen LogP contribution in [-0.4, -0.2) is 31.5 Å². The molecular formula is C17H27IN4O. The number of halogens is 1. The highest BCUT2D eigenvalue weighted by atomic mass is 127. The predicted octanol–water partition coefficient (Wildman–Crippen LogP) is 2.28. The van der Waals surface area contributed by atoms with Crippen LogP contribution in [0.5, 0.6) is 0 Å². The summed E-state index contributed by atoms with van der Waals surface area (Å²) in [4.78, 5) is 16.3. The minimum atomic E-state index is 0. The molecule has 1 fully saturated rings. The first-order valence-corrected chi connectivity index (χ1v) is 8.10. The highest BCUT2D eigenvalue weighted by molar-refractivity contribution is 14.0. The van der Waals surface area contributed by atoms with E-state index < -0.39 is 0 Å². The van der Waals surface area contributed by atoms with E-state index in [1.165, 1.54) is 12.8 Å². The Morgan fingerprint density at radius 2 is 1.91 bits per heavy atom. The number of benzene rings is 1. The molecule has 0 heterocycles. The zero-order valence-electron chi connectivity index (χ0n) is 13.7. The highest BCUT2D eigenvalue weighted by Gasteiger charge is 2.20. The molecule has 0 saturated heterocycles. The van der Waals surface area contributed by atoms with Crippen LogP contribution < -0.4 is 16.0 Å². The Bertz CT molecular complexity index is 489. The molecule has 2 rings (SSSR count). The number of guanidine groups is 1. The average molecular weight is 430 g/mol. The number of carbonyl (C=O) groups is 1. The summed E-state index contributed by atoms with van der Waals surface area (Å²) in [6.45, 7) is 4.93. The lowest BCUT2D eigenvalue weighted by Crippen LogP contribution is -2.39. The Morgan fingerprint density at radius 3 is 2.57 bits per heavy atom. The van der Waals surface area contributed by atoms with E-state index in [0.717, 1.165) is 30.5 Å². The molecule has 1 aliphatic rings. The lowest BCUT2D eigenvalue weighted by Gasteiger charge is -2.11. The van der Waals surface area contributed by atoms with Crippen LogP contribution in [0.1, 0.15) is 31.7 Å². The Labute approximate surface area is 155 Å². The highest BCUT2D eigenvalue weighted by Crippen LogP contribution is 2.28. The van der Waals surface area contributed by atoms with Crippen LogP contribution in [0.15, 0.2) is 35.3 Å². The zero-order valence-corrected chi connectivity index (χ0v) is 16.0. The van der Waals surface area contributed by atoms with Crippen molar-refractivity contribution in [2.45, 2.75) is 32.7 Å². The van der Waals surface area contributed by atoms with Crippen molar-refractivity contribution < 1.29 is 4.79 Å². The minimum absolute atomic E-state index is 0. The van der Waals surface area contributed by atoms with Crippen LogP contribution in [-0.2, 0) is 11.3 Å².